The number of benzene rings is 5. The molecule has 0 aliphatic heterocycles. The van der Waals surface area contributed by atoms with Crippen LogP contribution in [-0.4, -0.2) is 75.8 Å². The van der Waals surface area contributed by atoms with E-state index in [4.69, 9.17) is 15.0 Å². The molecule has 0 spiro atoms. The molecule has 8 rings (SSSR count). The maximum Gasteiger partial charge on any atom is 0.294 e. The van der Waals surface area contributed by atoms with Crippen molar-refractivity contribution >= 4 is 133 Å². The highest BCUT2D eigenvalue weighted by Gasteiger charge is 2.18. The van der Waals surface area contributed by atoms with Crippen LogP contribution in [0.15, 0.2) is 139 Å². The normalized spacial score (nSPS) is 12.1. The quantitative estimate of drug-likeness (QED) is 0.0334. The number of nitrogens with one attached hydrogen (secondary N) is 2. The predicted molar refractivity (Wildman–Crippen MR) is 270 cm³/mol. The smallest absolute Gasteiger partial charge is 0.294 e. The third kappa shape index (κ3) is 11.2. The molecule has 5 aromatic carbocycles. The molecule has 0 unspecified atom stereocenters. The van der Waals surface area contributed by atoms with Gasteiger partial charge in [-0.15, -0.1) is 20.5 Å². The van der Waals surface area contributed by atoms with Gasteiger partial charge in [0.2, 0.25) is 11.9 Å². The van der Waals surface area contributed by atoms with Crippen molar-refractivity contribution in [2.45, 2.75) is 48.4 Å². The van der Waals surface area contributed by atoms with Crippen LogP contribution >= 0.6 is 34.8 Å². The number of nitrogens with zero attached hydrogens (tertiary/aromatic N) is 11. The fourth-order valence-electron chi connectivity index (χ4n) is 6.97. The van der Waals surface area contributed by atoms with Crippen molar-refractivity contribution in [1.29, 1.82) is 0 Å². The molecule has 0 amide bonds. The second kappa shape index (κ2) is 20.8. The summed E-state index contributed by atoms with van der Waals surface area (Å²) in [6.45, 7) is 11.3. The van der Waals surface area contributed by atoms with Crippen LogP contribution in [0.3, 0.4) is 0 Å². The zero-order valence-electron chi connectivity index (χ0n) is 36.8. The molecule has 0 bridgehead atoms. The average Bonchev–Trinajstić information content (AvgIpc) is 3.94. The SMILES string of the molecule is CCN(CC)c1ccc(N=Nc2snc3cc(S(=O)(=O)O)ccc23)c(Nc2nc(Nc3cc(N(CC)CC)ccc3N=Nc3snc4cc(S(=O)(=O)O)ccc34)nc(SCc3ccccc3)n2)c1. The summed E-state index contributed by atoms with van der Waals surface area (Å²) in [4.78, 5) is 18.4. The summed E-state index contributed by atoms with van der Waals surface area (Å²) in [7, 11) is -8.85. The Morgan fingerprint density at radius 1 is 0.574 bits per heavy atom. The molecule has 19 nitrogen and oxygen atoms in total. The minimum atomic E-state index is -4.42. The van der Waals surface area contributed by atoms with E-state index in [2.05, 4.69) is 77.3 Å². The third-order valence-electron chi connectivity index (χ3n) is 10.5. The fourth-order valence-corrected chi connectivity index (χ4v) is 10.1. The van der Waals surface area contributed by atoms with E-state index in [0.29, 0.717) is 65.5 Å². The van der Waals surface area contributed by atoms with Gasteiger partial charge in [0.1, 0.15) is 11.4 Å². The van der Waals surface area contributed by atoms with Gasteiger partial charge in [-0.3, -0.25) is 9.11 Å². The third-order valence-corrected chi connectivity index (χ3v) is 14.6. The molecule has 350 valence electrons. The number of fused-ring (bicyclic) bond motifs is 2. The van der Waals surface area contributed by atoms with Gasteiger partial charge in [0.25, 0.3) is 20.2 Å². The van der Waals surface area contributed by atoms with Crippen LogP contribution in [0, 0.1) is 0 Å². The number of azo groups is 2. The van der Waals surface area contributed by atoms with Gasteiger partial charge in [0.05, 0.1) is 32.2 Å². The molecule has 0 saturated heterocycles. The van der Waals surface area contributed by atoms with E-state index in [1.165, 1.54) is 48.2 Å². The first-order valence-electron chi connectivity index (χ1n) is 21.0. The van der Waals surface area contributed by atoms with Crippen LogP contribution in [0.25, 0.3) is 21.8 Å². The highest BCUT2D eigenvalue weighted by molar-refractivity contribution is 7.98. The van der Waals surface area contributed by atoms with Crippen molar-refractivity contribution in [2.24, 2.45) is 20.5 Å². The molecule has 3 aromatic heterocycles. The van der Waals surface area contributed by atoms with Gasteiger partial charge in [-0.1, -0.05) is 42.1 Å². The Bertz CT molecular complexity index is 3200. The Morgan fingerprint density at radius 2 is 1.03 bits per heavy atom. The van der Waals surface area contributed by atoms with Crippen LogP contribution in [0.5, 0.6) is 0 Å². The molecule has 4 N–H and O–H groups in total. The fraction of sp³-hybridized carbons (Fsp3) is 0.205. The second-order valence-corrected chi connectivity index (χ2v) is 20.0. The van der Waals surface area contributed by atoms with E-state index in [0.717, 1.165) is 66.2 Å². The topological polar surface area (TPSA) is 253 Å². The molecule has 68 heavy (non-hydrogen) atoms. The number of hydrogen-bond acceptors (Lipinski definition) is 20. The number of aromatic nitrogens is 5. The molecule has 3 heterocycles. The van der Waals surface area contributed by atoms with Crippen molar-refractivity contribution in [2.75, 3.05) is 46.6 Å². The molecular formula is C44H43N13O6S5. The van der Waals surface area contributed by atoms with Gasteiger partial charge in [0, 0.05) is 54.1 Å². The lowest BCUT2D eigenvalue weighted by molar-refractivity contribution is 0.481. The van der Waals surface area contributed by atoms with Crippen molar-refractivity contribution in [3.63, 3.8) is 0 Å². The van der Waals surface area contributed by atoms with Crippen molar-refractivity contribution in [3.05, 3.63) is 109 Å². The maximum absolute atomic E-state index is 11.8. The number of hydrogen-bond donors (Lipinski definition) is 4. The van der Waals surface area contributed by atoms with Crippen LogP contribution in [-0.2, 0) is 26.0 Å². The summed E-state index contributed by atoms with van der Waals surface area (Å²) in [6.07, 6.45) is 0. The van der Waals surface area contributed by atoms with Crippen molar-refractivity contribution in [3.8, 4) is 0 Å². The van der Waals surface area contributed by atoms with Gasteiger partial charge in [-0.2, -0.15) is 40.5 Å². The van der Waals surface area contributed by atoms with Gasteiger partial charge in [0.15, 0.2) is 15.2 Å². The predicted octanol–water partition coefficient (Wildman–Crippen LogP) is 11.9. The molecule has 24 heteroatoms. The molecule has 0 atom stereocenters. The molecule has 0 saturated carbocycles. The average molecular weight is 1010 g/mol. The number of anilines is 6. The van der Waals surface area contributed by atoms with Gasteiger partial charge in [-0.05, 0) is 129 Å². The van der Waals surface area contributed by atoms with E-state index in [1.807, 2.05) is 66.7 Å². The van der Waals surface area contributed by atoms with Crippen molar-refractivity contribution < 1.29 is 25.9 Å². The van der Waals surface area contributed by atoms with Gasteiger partial charge in [-0.25, -0.2) is 0 Å². The maximum atomic E-state index is 11.8. The zero-order valence-corrected chi connectivity index (χ0v) is 40.9. The molecule has 8 aromatic rings. The first-order valence-corrected chi connectivity index (χ1v) is 26.5. The second-order valence-electron chi connectivity index (χ2n) is 14.7. The van der Waals surface area contributed by atoms with Crippen LogP contribution < -0.4 is 20.4 Å². The summed E-state index contributed by atoms with van der Waals surface area (Å²) < 4.78 is 74.9. The zero-order chi connectivity index (χ0) is 48.0. The highest BCUT2D eigenvalue weighted by atomic mass is 32.2. The first kappa shape index (κ1) is 47.9. The first-order chi connectivity index (χ1) is 32.7. The van der Waals surface area contributed by atoms with Crippen molar-refractivity contribution in [1.82, 2.24) is 23.7 Å². The molecule has 0 radical (unpaired) electrons. The summed E-state index contributed by atoms with van der Waals surface area (Å²) in [5, 5.41) is 27.5. The lowest BCUT2D eigenvalue weighted by Gasteiger charge is -2.22. The van der Waals surface area contributed by atoms with Crippen LogP contribution in [0.2, 0.25) is 0 Å². The monoisotopic (exact) mass is 1010 g/mol. The minimum absolute atomic E-state index is 0.204. The lowest BCUT2D eigenvalue weighted by Crippen LogP contribution is -2.21. The molecular weight excluding hydrogens is 967 g/mol. The summed E-state index contributed by atoms with van der Waals surface area (Å²) in [6, 6.07) is 29.6. The summed E-state index contributed by atoms with van der Waals surface area (Å²) in [5.74, 6) is 0.979. The molecule has 0 fully saturated rings. The number of rotatable bonds is 19. The summed E-state index contributed by atoms with van der Waals surface area (Å²) in [5.41, 5.74) is 5.57. The summed E-state index contributed by atoms with van der Waals surface area (Å²) >= 11 is 3.50. The van der Waals surface area contributed by atoms with E-state index < -0.39 is 20.2 Å². The van der Waals surface area contributed by atoms with E-state index >= 15 is 0 Å². The number of thioether (sulfide) groups is 1. The molecule has 0 aliphatic carbocycles. The molecule has 0 aliphatic rings. The lowest BCUT2D eigenvalue weighted by atomic mass is 10.2. The Kier molecular flexibility index (Phi) is 14.6. The Hall–Kier alpha value is -6.54. The van der Waals surface area contributed by atoms with Crippen LogP contribution in [0.1, 0.15) is 33.3 Å². The van der Waals surface area contributed by atoms with Gasteiger partial charge >= 0.3 is 0 Å². The van der Waals surface area contributed by atoms with Crippen LogP contribution in [0.4, 0.5) is 56.0 Å². The van der Waals surface area contributed by atoms with E-state index in [1.54, 1.807) is 0 Å². The van der Waals surface area contributed by atoms with Gasteiger partial charge < -0.3 is 20.4 Å². The van der Waals surface area contributed by atoms with E-state index in [9.17, 15) is 25.9 Å². The largest absolute Gasteiger partial charge is 0.372 e. The van der Waals surface area contributed by atoms with E-state index in [-0.39, 0.29) is 21.7 Å². The Morgan fingerprint density at radius 3 is 1.46 bits per heavy atom. The standard InChI is InChI=1S/C44H43N13O6S5/c1-5-56(6-2)28-14-20-34(50-52-40-32-18-16-30(67(58,59)60)24-36(32)54-65-40)38(22-28)45-42-47-43(49-44(48-42)64-26-27-12-10-9-11-13-27)46-39-23-29(57(7-3)8-4)15-21-35(39)51-53-41-33-19-17-31(68(61,62)63)25-37(33)55-66-41/h9-25H,5-8,26H2,1-4H3,(H,58,59,60)(H,61,62,63)(H2,45,46,47,48,49). The highest BCUT2D eigenvalue weighted by Crippen LogP contribution is 2.39. The minimum Gasteiger partial charge on any atom is -0.372 e. The Balaban J connectivity index is 1.18. The Labute approximate surface area is 404 Å².